The van der Waals surface area contributed by atoms with Gasteiger partial charge >= 0.3 is 0 Å². The zero-order valence-electron chi connectivity index (χ0n) is 15.8. The molecule has 0 aliphatic carbocycles. The molecule has 0 aliphatic rings. The SMILES string of the molecule is Cc1nc(C(C)(C)C)oc1CC(=O)Nc1ccc(C(C)(C)C)cc1. The van der Waals surface area contributed by atoms with Crippen LogP contribution in [0.15, 0.2) is 28.7 Å². The van der Waals surface area contributed by atoms with Gasteiger partial charge in [-0.05, 0) is 30.0 Å². The quantitative estimate of drug-likeness (QED) is 0.884. The third-order valence-electron chi connectivity index (χ3n) is 3.89. The number of carbonyl (C=O) groups excluding carboxylic acids is 1. The predicted molar refractivity (Wildman–Crippen MR) is 97.4 cm³/mol. The fraction of sp³-hybridized carbons (Fsp3) is 0.500. The van der Waals surface area contributed by atoms with E-state index in [-0.39, 0.29) is 23.2 Å². The number of nitrogens with zero attached hydrogens (tertiary/aromatic N) is 1. The largest absolute Gasteiger partial charge is 0.444 e. The fourth-order valence-corrected chi connectivity index (χ4v) is 2.32. The van der Waals surface area contributed by atoms with Crippen molar-refractivity contribution in [2.24, 2.45) is 0 Å². The van der Waals surface area contributed by atoms with Crippen molar-refractivity contribution in [1.82, 2.24) is 4.98 Å². The topological polar surface area (TPSA) is 55.1 Å². The number of amides is 1. The van der Waals surface area contributed by atoms with Gasteiger partial charge in [0, 0.05) is 11.1 Å². The standard InChI is InChI=1S/C20H28N2O2/c1-13-16(24-18(21-13)20(5,6)7)12-17(23)22-15-10-8-14(9-11-15)19(2,3)4/h8-11H,12H2,1-7H3,(H,22,23). The predicted octanol–water partition coefficient (Wildman–Crippen LogP) is 4.76. The van der Waals surface area contributed by atoms with E-state index in [0.29, 0.717) is 11.7 Å². The molecule has 0 bridgehead atoms. The first-order chi connectivity index (χ1) is 11.0. The summed E-state index contributed by atoms with van der Waals surface area (Å²) in [5.41, 5.74) is 2.74. The molecule has 2 rings (SSSR count). The molecule has 4 heteroatoms. The lowest BCUT2D eigenvalue weighted by molar-refractivity contribution is -0.115. The second kappa shape index (κ2) is 6.42. The van der Waals surface area contributed by atoms with E-state index in [1.165, 1.54) is 5.56 Å². The van der Waals surface area contributed by atoms with Crippen molar-refractivity contribution < 1.29 is 9.21 Å². The summed E-state index contributed by atoms with van der Waals surface area (Å²) in [4.78, 5) is 16.7. The number of aryl methyl sites for hydroxylation is 1. The Bertz CT molecular complexity index is 714. The minimum atomic E-state index is -0.164. The minimum absolute atomic E-state index is 0.0989. The molecule has 4 nitrogen and oxygen atoms in total. The Morgan fingerprint density at radius 1 is 1.04 bits per heavy atom. The van der Waals surface area contributed by atoms with E-state index in [1.807, 2.05) is 52.0 Å². The molecular formula is C20H28N2O2. The molecule has 1 aromatic carbocycles. The first-order valence-corrected chi connectivity index (χ1v) is 8.34. The number of carbonyl (C=O) groups is 1. The van der Waals surface area contributed by atoms with Crippen LogP contribution in [0.1, 0.15) is 64.5 Å². The van der Waals surface area contributed by atoms with Gasteiger partial charge in [-0.3, -0.25) is 4.79 Å². The van der Waals surface area contributed by atoms with Crippen molar-refractivity contribution in [3.63, 3.8) is 0 Å². The van der Waals surface area contributed by atoms with Crippen molar-refractivity contribution >= 4 is 11.6 Å². The lowest BCUT2D eigenvalue weighted by Crippen LogP contribution is -2.15. The molecule has 0 radical (unpaired) electrons. The summed E-state index contributed by atoms with van der Waals surface area (Å²) >= 11 is 0. The van der Waals surface area contributed by atoms with E-state index in [2.05, 4.69) is 31.1 Å². The molecule has 1 amide bonds. The number of anilines is 1. The second-order valence-electron chi connectivity index (χ2n) is 8.33. The van der Waals surface area contributed by atoms with Gasteiger partial charge in [-0.25, -0.2) is 4.98 Å². The summed E-state index contributed by atoms with van der Waals surface area (Å²) in [7, 11) is 0. The van der Waals surface area contributed by atoms with Gasteiger partial charge in [-0.1, -0.05) is 53.7 Å². The molecular weight excluding hydrogens is 300 g/mol. The molecule has 0 unspecified atom stereocenters. The van der Waals surface area contributed by atoms with Crippen LogP contribution in [-0.4, -0.2) is 10.9 Å². The summed E-state index contributed by atoms with van der Waals surface area (Å²) in [6.07, 6.45) is 0.190. The molecule has 1 aromatic heterocycles. The average Bonchev–Trinajstić information content (AvgIpc) is 2.79. The van der Waals surface area contributed by atoms with Gasteiger partial charge in [0.1, 0.15) is 5.76 Å². The highest BCUT2D eigenvalue weighted by molar-refractivity contribution is 5.92. The van der Waals surface area contributed by atoms with E-state index < -0.39 is 0 Å². The van der Waals surface area contributed by atoms with Crippen LogP contribution >= 0.6 is 0 Å². The van der Waals surface area contributed by atoms with Crippen LogP contribution in [0.3, 0.4) is 0 Å². The van der Waals surface area contributed by atoms with Crippen LogP contribution in [0.25, 0.3) is 0 Å². The Morgan fingerprint density at radius 3 is 2.08 bits per heavy atom. The van der Waals surface area contributed by atoms with E-state index in [4.69, 9.17) is 4.42 Å². The molecule has 0 atom stereocenters. The van der Waals surface area contributed by atoms with Crippen LogP contribution in [0.4, 0.5) is 5.69 Å². The Labute approximate surface area is 144 Å². The number of hydrogen-bond donors (Lipinski definition) is 1. The third-order valence-corrected chi connectivity index (χ3v) is 3.89. The van der Waals surface area contributed by atoms with Gasteiger partial charge in [0.15, 0.2) is 5.89 Å². The Balaban J connectivity index is 2.05. The summed E-state index contributed by atoms with van der Waals surface area (Å²) in [6, 6.07) is 7.97. The molecule has 0 aliphatic heterocycles. The maximum atomic E-state index is 12.3. The number of oxazole rings is 1. The molecule has 1 N–H and O–H groups in total. The van der Waals surface area contributed by atoms with E-state index in [9.17, 15) is 4.79 Å². The molecule has 24 heavy (non-hydrogen) atoms. The van der Waals surface area contributed by atoms with E-state index in [0.717, 1.165) is 11.4 Å². The van der Waals surface area contributed by atoms with E-state index in [1.54, 1.807) is 0 Å². The van der Waals surface area contributed by atoms with Crippen molar-refractivity contribution in [2.45, 2.75) is 65.7 Å². The monoisotopic (exact) mass is 328 g/mol. The lowest BCUT2D eigenvalue weighted by atomic mass is 9.87. The maximum Gasteiger partial charge on any atom is 0.232 e. The minimum Gasteiger partial charge on any atom is -0.444 e. The van der Waals surface area contributed by atoms with Gasteiger partial charge in [0.2, 0.25) is 5.91 Å². The maximum absolute atomic E-state index is 12.3. The molecule has 130 valence electrons. The van der Waals surface area contributed by atoms with Crippen LogP contribution in [0, 0.1) is 6.92 Å². The number of rotatable bonds is 3. The van der Waals surface area contributed by atoms with Crippen LogP contribution in [0.5, 0.6) is 0 Å². The summed E-state index contributed by atoms with van der Waals surface area (Å²) in [5.74, 6) is 1.19. The molecule has 0 saturated heterocycles. The van der Waals surface area contributed by atoms with Crippen molar-refractivity contribution in [3.8, 4) is 0 Å². The van der Waals surface area contributed by atoms with Gasteiger partial charge in [0.25, 0.3) is 0 Å². The summed E-state index contributed by atoms with van der Waals surface area (Å²) in [6.45, 7) is 14.5. The zero-order valence-corrected chi connectivity index (χ0v) is 15.8. The van der Waals surface area contributed by atoms with Gasteiger partial charge < -0.3 is 9.73 Å². The Hall–Kier alpha value is -2.10. The van der Waals surface area contributed by atoms with E-state index >= 15 is 0 Å². The highest BCUT2D eigenvalue weighted by Crippen LogP contribution is 2.25. The third kappa shape index (κ3) is 4.47. The first kappa shape index (κ1) is 18.2. The molecule has 0 spiro atoms. The molecule has 2 aromatic rings. The molecule has 0 saturated carbocycles. The average molecular weight is 328 g/mol. The lowest BCUT2D eigenvalue weighted by Gasteiger charge is -2.19. The van der Waals surface area contributed by atoms with Crippen LogP contribution in [0.2, 0.25) is 0 Å². The Morgan fingerprint density at radius 2 is 1.62 bits per heavy atom. The summed E-state index contributed by atoms with van der Waals surface area (Å²) in [5, 5.41) is 2.92. The number of benzene rings is 1. The Kier molecular flexibility index (Phi) is 4.88. The zero-order chi connectivity index (χ0) is 18.1. The van der Waals surface area contributed by atoms with Gasteiger partial charge in [-0.2, -0.15) is 0 Å². The van der Waals surface area contributed by atoms with Crippen molar-refractivity contribution in [3.05, 3.63) is 47.2 Å². The highest BCUT2D eigenvalue weighted by atomic mass is 16.4. The first-order valence-electron chi connectivity index (χ1n) is 8.34. The van der Waals surface area contributed by atoms with Gasteiger partial charge in [-0.15, -0.1) is 0 Å². The number of aromatic nitrogens is 1. The molecule has 1 heterocycles. The van der Waals surface area contributed by atoms with Crippen molar-refractivity contribution in [1.29, 1.82) is 0 Å². The number of hydrogen-bond acceptors (Lipinski definition) is 3. The normalized spacial score (nSPS) is 12.3. The van der Waals surface area contributed by atoms with Crippen LogP contribution < -0.4 is 5.32 Å². The summed E-state index contributed by atoms with van der Waals surface area (Å²) < 4.78 is 5.78. The highest BCUT2D eigenvalue weighted by Gasteiger charge is 2.23. The fourth-order valence-electron chi connectivity index (χ4n) is 2.32. The van der Waals surface area contributed by atoms with Crippen LogP contribution in [-0.2, 0) is 22.0 Å². The second-order valence-corrected chi connectivity index (χ2v) is 8.33. The van der Waals surface area contributed by atoms with Gasteiger partial charge in [0.05, 0.1) is 12.1 Å². The molecule has 0 fully saturated rings. The number of nitrogens with one attached hydrogen (secondary N) is 1. The smallest absolute Gasteiger partial charge is 0.232 e. The van der Waals surface area contributed by atoms with Crippen molar-refractivity contribution in [2.75, 3.05) is 5.32 Å².